The van der Waals surface area contributed by atoms with Crippen molar-refractivity contribution in [3.63, 3.8) is 0 Å². The molecule has 1 nitrogen and oxygen atoms in total. The molecule has 0 radical (unpaired) electrons. The smallest absolute Gasteiger partial charge is 0.0930 e. The van der Waals surface area contributed by atoms with Gasteiger partial charge in [-0.3, -0.25) is 4.72 Å². The van der Waals surface area contributed by atoms with Crippen LogP contribution in [0.5, 0.6) is 0 Å². The Morgan fingerprint density at radius 1 is 1.71 bits per heavy atom. The van der Waals surface area contributed by atoms with E-state index in [1.807, 2.05) is 4.72 Å². The largest absolute Gasteiger partial charge is 1.00 e. The van der Waals surface area contributed by atoms with Crippen LogP contribution in [0.15, 0.2) is 0 Å². The number of nitrogens with two attached hydrogens (primary N) is 1. The third kappa shape index (κ3) is 7.04. The van der Waals surface area contributed by atoms with E-state index < -0.39 is 0 Å². The maximum atomic E-state index is 3.97. The number of hydrogen-bond acceptors (Lipinski definition) is 1. The van der Waals surface area contributed by atoms with E-state index in [2.05, 4.69) is 26.7 Å². The van der Waals surface area contributed by atoms with Gasteiger partial charge in [-0.25, -0.2) is 0 Å². The van der Waals surface area contributed by atoms with Crippen molar-refractivity contribution in [2.24, 2.45) is 0 Å². The van der Waals surface area contributed by atoms with E-state index in [-0.39, 0.29) is 24.0 Å². The summed E-state index contributed by atoms with van der Waals surface area (Å²) in [5.41, 5.74) is 0. The first-order chi connectivity index (χ1) is 2.81. The second-order valence-electron chi connectivity index (χ2n) is 1.53. The summed E-state index contributed by atoms with van der Waals surface area (Å²) in [7, 11) is 0. The van der Waals surface area contributed by atoms with Crippen molar-refractivity contribution in [1.29, 1.82) is 0 Å². The van der Waals surface area contributed by atoms with E-state index in [9.17, 15) is 0 Å². The highest BCUT2D eigenvalue weighted by atomic mass is 127. The molecule has 46 valence electrons. The minimum Gasteiger partial charge on any atom is -1.00 e. The maximum absolute atomic E-state index is 3.97. The molecule has 0 spiro atoms. The molecule has 1 atom stereocenters. The molecule has 0 aliphatic heterocycles. The Bertz CT molecular complexity index is 30.9. The summed E-state index contributed by atoms with van der Waals surface area (Å²) in [5.74, 6) is 0. The Morgan fingerprint density at radius 2 is 2.14 bits per heavy atom. The zero-order valence-electron chi connectivity index (χ0n) is 4.69. The third-order valence-corrected chi connectivity index (χ3v) is 1.41. The SMILES string of the molecule is CCC(C)[NH2+]S.[I-]. The lowest BCUT2D eigenvalue weighted by atomic mass is 10.3. The van der Waals surface area contributed by atoms with Gasteiger partial charge in [-0.2, -0.15) is 0 Å². The van der Waals surface area contributed by atoms with E-state index in [0.29, 0.717) is 6.04 Å². The monoisotopic (exact) mass is 233 g/mol. The average molecular weight is 233 g/mol. The maximum Gasteiger partial charge on any atom is 0.0930 e. The van der Waals surface area contributed by atoms with Gasteiger partial charge in [0.2, 0.25) is 0 Å². The van der Waals surface area contributed by atoms with E-state index in [1.165, 1.54) is 6.42 Å². The van der Waals surface area contributed by atoms with Gasteiger partial charge in [-0.1, -0.05) is 6.92 Å². The van der Waals surface area contributed by atoms with Crippen LogP contribution >= 0.6 is 12.8 Å². The molecule has 1 unspecified atom stereocenters. The van der Waals surface area contributed by atoms with Crippen molar-refractivity contribution < 1.29 is 28.7 Å². The molecular weight excluding hydrogens is 221 g/mol. The van der Waals surface area contributed by atoms with E-state index >= 15 is 0 Å². The van der Waals surface area contributed by atoms with Crippen LogP contribution in [0.25, 0.3) is 0 Å². The van der Waals surface area contributed by atoms with Crippen molar-refractivity contribution in [2.75, 3.05) is 0 Å². The summed E-state index contributed by atoms with van der Waals surface area (Å²) in [6, 6.07) is 0.674. The highest BCUT2D eigenvalue weighted by molar-refractivity contribution is 7.72. The van der Waals surface area contributed by atoms with Gasteiger partial charge in [0.25, 0.3) is 0 Å². The molecule has 7 heavy (non-hydrogen) atoms. The average Bonchev–Trinajstić information content (AvgIpc) is 1.65. The second kappa shape index (κ2) is 7.04. The molecule has 0 aliphatic carbocycles. The fourth-order valence-electron chi connectivity index (χ4n) is 0.105. The molecule has 3 heteroatoms. The van der Waals surface area contributed by atoms with Crippen LogP contribution < -0.4 is 28.7 Å². The van der Waals surface area contributed by atoms with Gasteiger partial charge in [0, 0.05) is 0 Å². The Morgan fingerprint density at radius 3 is 2.14 bits per heavy atom. The molecule has 0 amide bonds. The van der Waals surface area contributed by atoms with Crippen molar-refractivity contribution in [3.05, 3.63) is 0 Å². The highest BCUT2D eigenvalue weighted by Gasteiger charge is 1.92. The molecule has 0 bridgehead atoms. The van der Waals surface area contributed by atoms with Gasteiger partial charge in [-0.05, 0) is 13.3 Å². The first kappa shape index (κ1) is 10.9. The van der Waals surface area contributed by atoms with Gasteiger partial charge >= 0.3 is 0 Å². The number of rotatable bonds is 2. The molecule has 0 aromatic heterocycles. The summed E-state index contributed by atoms with van der Waals surface area (Å²) >= 11 is 3.97. The zero-order valence-corrected chi connectivity index (χ0v) is 7.74. The summed E-state index contributed by atoms with van der Waals surface area (Å²) in [4.78, 5) is 0. The van der Waals surface area contributed by atoms with Crippen molar-refractivity contribution in [3.8, 4) is 0 Å². The molecule has 0 rings (SSSR count). The molecular formula is C4H12INS. The number of quaternary nitrogens is 1. The van der Waals surface area contributed by atoms with Crippen LogP contribution in [0.2, 0.25) is 0 Å². The lowest BCUT2D eigenvalue weighted by Crippen LogP contribution is -3.00. The predicted octanol–water partition coefficient (Wildman–Crippen LogP) is -2.80. The Kier molecular flexibility index (Phi) is 11.0. The Hall–Kier alpha value is 1.04. The normalized spacial score (nSPS) is 12.4. The van der Waals surface area contributed by atoms with Crippen molar-refractivity contribution in [2.45, 2.75) is 26.3 Å². The molecule has 0 saturated heterocycles. The van der Waals surface area contributed by atoms with Crippen LogP contribution in [0.3, 0.4) is 0 Å². The second-order valence-corrected chi connectivity index (χ2v) is 1.83. The summed E-state index contributed by atoms with van der Waals surface area (Å²) in [6.07, 6.45) is 1.20. The molecule has 2 N–H and O–H groups in total. The van der Waals surface area contributed by atoms with Gasteiger partial charge in [0.1, 0.15) is 0 Å². The lowest BCUT2D eigenvalue weighted by molar-refractivity contribution is -0.516. The molecule has 0 fully saturated rings. The van der Waals surface area contributed by atoms with E-state index in [4.69, 9.17) is 0 Å². The number of halogens is 1. The third-order valence-electron chi connectivity index (χ3n) is 0.898. The van der Waals surface area contributed by atoms with Crippen LogP contribution in [-0.2, 0) is 0 Å². The molecule has 0 aromatic carbocycles. The zero-order chi connectivity index (χ0) is 4.99. The van der Waals surface area contributed by atoms with E-state index in [0.717, 1.165) is 0 Å². The van der Waals surface area contributed by atoms with Crippen LogP contribution in [-0.4, -0.2) is 6.04 Å². The predicted molar refractivity (Wildman–Crippen MR) is 30.7 cm³/mol. The summed E-state index contributed by atoms with van der Waals surface area (Å²) in [6.45, 7) is 4.30. The van der Waals surface area contributed by atoms with Crippen molar-refractivity contribution >= 4 is 12.8 Å². The Balaban J connectivity index is 0. The lowest BCUT2D eigenvalue weighted by Gasteiger charge is -1.96. The summed E-state index contributed by atoms with van der Waals surface area (Å²) < 4.78 is 1.92. The molecule has 0 aromatic rings. The molecule has 0 aliphatic rings. The van der Waals surface area contributed by atoms with Crippen LogP contribution in [0, 0.1) is 0 Å². The standard InChI is InChI=1S/C4H11NS.HI/c1-3-4(2)5-6;/h4-6H,3H2,1-2H3;1H. The number of hydrogen-bond donors (Lipinski definition) is 2. The van der Waals surface area contributed by atoms with E-state index in [1.54, 1.807) is 0 Å². The fraction of sp³-hybridized carbons (Fsp3) is 1.00. The topological polar surface area (TPSA) is 16.6 Å². The van der Waals surface area contributed by atoms with Gasteiger partial charge in [0.15, 0.2) is 0 Å². The highest BCUT2D eigenvalue weighted by Crippen LogP contribution is 1.77. The first-order valence-corrected chi connectivity index (χ1v) is 2.80. The minimum atomic E-state index is 0. The molecule has 0 saturated carbocycles. The number of thiol groups is 1. The van der Waals surface area contributed by atoms with Crippen LogP contribution in [0.1, 0.15) is 20.3 Å². The summed E-state index contributed by atoms with van der Waals surface area (Å²) in [5, 5.41) is 0. The first-order valence-electron chi connectivity index (χ1n) is 2.28. The fourth-order valence-corrected chi connectivity index (χ4v) is 0.316. The van der Waals surface area contributed by atoms with Gasteiger partial charge in [0.05, 0.1) is 18.9 Å². The molecule has 0 heterocycles. The van der Waals surface area contributed by atoms with Gasteiger partial charge in [-0.15, -0.1) is 0 Å². The Labute approximate surface area is 67.8 Å². The van der Waals surface area contributed by atoms with Gasteiger partial charge < -0.3 is 24.0 Å². The van der Waals surface area contributed by atoms with Crippen molar-refractivity contribution in [1.82, 2.24) is 0 Å². The van der Waals surface area contributed by atoms with Crippen LogP contribution in [0.4, 0.5) is 0 Å². The minimum absolute atomic E-state index is 0. The quantitative estimate of drug-likeness (QED) is 0.379.